The Balaban J connectivity index is 2.69. The van der Waals surface area contributed by atoms with E-state index in [1.807, 2.05) is 45.0 Å². The Morgan fingerprint density at radius 1 is 1.32 bits per heavy atom. The van der Waals surface area contributed by atoms with Crippen LogP contribution >= 0.6 is 0 Å². The minimum atomic E-state index is -0.867. The van der Waals surface area contributed by atoms with E-state index < -0.39 is 5.97 Å². The topological polar surface area (TPSA) is 66.4 Å². The van der Waals surface area contributed by atoms with Crippen LogP contribution in [0.15, 0.2) is 24.3 Å². The number of hydrogen-bond acceptors (Lipinski definition) is 2. The van der Waals surface area contributed by atoms with E-state index in [0.717, 1.165) is 11.3 Å². The Kier molecular flexibility index (Phi) is 5.55. The lowest BCUT2D eigenvalue weighted by Crippen LogP contribution is -2.27. The maximum atomic E-state index is 12.2. The van der Waals surface area contributed by atoms with Crippen LogP contribution in [0.2, 0.25) is 0 Å². The molecule has 0 aliphatic carbocycles. The molecule has 4 nitrogen and oxygen atoms in total. The molecule has 2 N–H and O–H groups in total. The first-order chi connectivity index (χ1) is 8.90. The number of carbonyl (C=O) groups excluding carboxylic acids is 1. The van der Waals surface area contributed by atoms with E-state index in [1.54, 1.807) is 0 Å². The molecule has 1 aromatic carbocycles. The molecule has 4 heteroatoms. The van der Waals surface area contributed by atoms with Gasteiger partial charge in [-0.15, -0.1) is 0 Å². The smallest absolute Gasteiger partial charge is 0.303 e. The summed E-state index contributed by atoms with van der Waals surface area (Å²) in [6.07, 6.45) is 0.384. The minimum Gasteiger partial charge on any atom is -0.481 e. The molecule has 1 aromatic rings. The van der Waals surface area contributed by atoms with Gasteiger partial charge in [-0.05, 0) is 37.0 Å². The number of anilines is 1. The average Bonchev–Trinajstić information content (AvgIpc) is 2.28. The molecule has 0 aliphatic heterocycles. The number of hydrogen-bond donors (Lipinski definition) is 2. The van der Waals surface area contributed by atoms with Gasteiger partial charge < -0.3 is 10.4 Å². The summed E-state index contributed by atoms with van der Waals surface area (Å²) in [7, 11) is 0. The van der Waals surface area contributed by atoms with Crippen molar-refractivity contribution in [1.82, 2.24) is 0 Å². The van der Waals surface area contributed by atoms with E-state index in [2.05, 4.69) is 5.32 Å². The Bertz CT molecular complexity index is 454. The van der Waals surface area contributed by atoms with Gasteiger partial charge in [0.2, 0.25) is 5.91 Å². The molecule has 0 aromatic heterocycles. The van der Waals surface area contributed by atoms with Crippen molar-refractivity contribution >= 4 is 17.6 Å². The number of carboxylic acid groups (broad SMARTS) is 1. The molecule has 0 radical (unpaired) electrons. The molecule has 0 spiro atoms. The zero-order valence-electron chi connectivity index (χ0n) is 11.6. The summed E-state index contributed by atoms with van der Waals surface area (Å²) in [5, 5.41) is 11.6. The monoisotopic (exact) mass is 263 g/mol. The van der Waals surface area contributed by atoms with Crippen molar-refractivity contribution in [3.8, 4) is 0 Å². The minimum absolute atomic E-state index is 0.0179. The summed E-state index contributed by atoms with van der Waals surface area (Å²) in [6.45, 7) is 5.82. The van der Waals surface area contributed by atoms with Crippen LogP contribution in [0.4, 0.5) is 5.69 Å². The largest absolute Gasteiger partial charge is 0.481 e. The maximum Gasteiger partial charge on any atom is 0.303 e. The van der Waals surface area contributed by atoms with Crippen molar-refractivity contribution < 1.29 is 14.7 Å². The quantitative estimate of drug-likeness (QED) is 0.829. The summed E-state index contributed by atoms with van der Waals surface area (Å²) >= 11 is 0. The summed E-state index contributed by atoms with van der Waals surface area (Å²) < 4.78 is 0. The Labute approximate surface area is 113 Å². The normalized spacial score (nSPS) is 12.2. The molecule has 1 rings (SSSR count). The average molecular weight is 263 g/mol. The van der Waals surface area contributed by atoms with Crippen LogP contribution in [-0.4, -0.2) is 17.0 Å². The van der Waals surface area contributed by atoms with Gasteiger partial charge >= 0.3 is 5.97 Å². The molecule has 0 saturated heterocycles. The number of aliphatic carboxylic acids is 1. The first-order valence-electron chi connectivity index (χ1n) is 6.49. The lowest BCUT2D eigenvalue weighted by molar-refractivity contribution is -0.137. The van der Waals surface area contributed by atoms with E-state index in [4.69, 9.17) is 5.11 Å². The van der Waals surface area contributed by atoms with Crippen molar-refractivity contribution in [3.63, 3.8) is 0 Å². The summed E-state index contributed by atoms with van der Waals surface area (Å²) in [5.74, 6) is -1.14. The highest BCUT2D eigenvalue weighted by molar-refractivity contribution is 5.93. The van der Waals surface area contributed by atoms with Crippen molar-refractivity contribution in [2.24, 2.45) is 11.8 Å². The second kappa shape index (κ2) is 6.92. The molecule has 19 heavy (non-hydrogen) atoms. The summed E-state index contributed by atoms with van der Waals surface area (Å²) in [5.41, 5.74) is 1.83. The SMILES string of the molecule is Cc1cccc(NC(=O)C(CCC(=O)O)C(C)C)c1. The van der Waals surface area contributed by atoms with Gasteiger partial charge in [0.05, 0.1) is 0 Å². The van der Waals surface area contributed by atoms with E-state index in [1.165, 1.54) is 0 Å². The van der Waals surface area contributed by atoms with Gasteiger partial charge in [-0.3, -0.25) is 9.59 Å². The third-order valence-electron chi connectivity index (χ3n) is 3.10. The molecule has 1 amide bonds. The number of nitrogens with one attached hydrogen (secondary N) is 1. The van der Waals surface area contributed by atoms with Crippen molar-refractivity contribution in [1.29, 1.82) is 0 Å². The number of carbonyl (C=O) groups is 2. The summed E-state index contributed by atoms with van der Waals surface area (Å²) in [6, 6.07) is 7.57. The fourth-order valence-electron chi connectivity index (χ4n) is 2.00. The van der Waals surface area contributed by atoms with Gasteiger partial charge in [-0.2, -0.15) is 0 Å². The van der Waals surface area contributed by atoms with Crippen LogP contribution in [0.25, 0.3) is 0 Å². The zero-order valence-corrected chi connectivity index (χ0v) is 11.6. The second-order valence-corrected chi connectivity index (χ2v) is 5.14. The Morgan fingerprint density at radius 3 is 2.53 bits per heavy atom. The fraction of sp³-hybridized carbons (Fsp3) is 0.467. The number of carboxylic acids is 1. The maximum absolute atomic E-state index is 12.2. The molecule has 0 saturated carbocycles. The number of rotatable bonds is 6. The number of benzene rings is 1. The van der Waals surface area contributed by atoms with Gasteiger partial charge in [0.1, 0.15) is 0 Å². The van der Waals surface area contributed by atoms with E-state index in [0.29, 0.717) is 6.42 Å². The van der Waals surface area contributed by atoms with Crippen LogP contribution in [0.1, 0.15) is 32.3 Å². The van der Waals surface area contributed by atoms with Gasteiger partial charge in [-0.1, -0.05) is 26.0 Å². The molecular formula is C15H21NO3. The zero-order chi connectivity index (χ0) is 14.4. The highest BCUT2D eigenvalue weighted by atomic mass is 16.4. The van der Waals surface area contributed by atoms with Crippen LogP contribution in [0.3, 0.4) is 0 Å². The summed E-state index contributed by atoms with van der Waals surface area (Å²) in [4.78, 5) is 22.8. The van der Waals surface area contributed by atoms with E-state index in [-0.39, 0.29) is 24.2 Å². The molecule has 1 unspecified atom stereocenters. The molecule has 0 heterocycles. The van der Waals surface area contributed by atoms with Crippen molar-refractivity contribution in [3.05, 3.63) is 29.8 Å². The van der Waals surface area contributed by atoms with Crippen LogP contribution in [0.5, 0.6) is 0 Å². The Morgan fingerprint density at radius 2 is 2.00 bits per heavy atom. The molecule has 1 atom stereocenters. The number of aryl methyl sites for hydroxylation is 1. The molecular weight excluding hydrogens is 242 g/mol. The lowest BCUT2D eigenvalue weighted by Gasteiger charge is -2.19. The second-order valence-electron chi connectivity index (χ2n) is 5.14. The molecule has 0 aliphatic rings. The molecule has 104 valence electrons. The first kappa shape index (κ1) is 15.2. The van der Waals surface area contributed by atoms with E-state index in [9.17, 15) is 9.59 Å². The van der Waals surface area contributed by atoms with Crippen molar-refractivity contribution in [2.45, 2.75) is 33.6 Å². The highest BCUT2D eigenvalue weighted by Crippen LogP contribution is 2.20. The van der Waals surface area contributed by atoms with Gasteiger partial charge in [0.25, 0.3) is 0 Å². The predicted octanol–water partition coefficient (Wildman–Crippen LogP) is 3.07. The molecule has 0 bridgehead atoms. The van der Waals surface area contributed by atoms with Gasteiger partial charge in [-0.25, -0.2) is 0 Å². The third kappa shape index (κ3) is 5.12. The van der Waals surface area contributed by atoms with Gasteiger partial charge in [0, 0.05) is 18.0 Å². The van der Waals surface area contributed by atoms with Gasteiger partial charge in [0.15, 0.2) is 0 Å². The van der Waals surface area contributed by atoms with Crippen molar-refractivity contribution in [2.75, 3.05) is 5.32 Å². The van der Waals surface area contributed by atoms with Crippen LogP contribution in [-0.2, 0) is 9.59 Å². The van der Waals surface area contributed by atoms with E-state index >= 15 is 0 Å². The fourth-order valence-corrected chi connectivity index (χ4v) is 2.00. The van der Waals surface area contributed by atoms with Crippen LogP contribution < -0.4 is 5.32 Å². The highest BCUT2D eigenvalue weighted by Gasteiger charge is 2.23. The number of amides is 1. The Hall–Kier alpha value is -1.84. The molecule has 0 fully saturated rings. The predicted molar refractivity (Wildman–Crippen MR) is 75.0 cm³/mol. The standard InChI is InChI=1S/C15H21NO3/c1-10(2)13(7-8-14(17)18)15(19)16-12-6-4-5-11(3)9-12/h4-6,9-10,13H,7-8H2,1-3H3,(H,16,19)(H,17,18). The lowest BCUT2D eigenvalue weighted by atomic mass is 9.90. The third-order valence-corrected chi connectivity index (χ3v) is 3.10. The first-order valence-corrected chi connectivity index (χ1v) is 6.49. The van der Waals surface area contributed by atoms with Crippen LogP contribution in [0, 0.1) is 18.8 Å².